The molecule has 0 aliphatic carbocycles. The number of para-hydroxylation sites is 1. The minimum absolute atomic E-state index is 0.672. The average Bonchev–Trinajstić information content (AvgIpc) is 2.94. The number of benzene rings is 1. The van der Waals surface area contributed by atoms with Gasteiger partial charge in [0.25, 0.3) is 0 Å². The van der Waals surface area contributed by atoms with Gasteiger partial charge in [0.2, 0.25) is 5.88 Å². The van der Waals surface area contributed by atoms with Crippen LogP contribution < -0.4 is 4.74 Å². The van der Waals surface area contributed by atoms with E-state index in [1.807, 2.05) is 23.7 Å². The van der Waals surface area contributed by atoms with Crippen molar-refractivity contribution in [3.63, 3.8) is 0 Å². The number of aromatic nitrogens is 2. The van der Waals surface area contributed by atoms with E-state index >= 15 is 0 Å². The smallest absolute Gasteiger partial charge is 0.224 e. The highest BCUT2D eigenvalue weighted by Gasteiger charge is 2.09. The Balaban J connectivity index is 2.18. The molecule has 1 aromatic carbocycles. The number of nitrogens with one attached hydrogen (secondary N) is 1. The van der Waals surface area contributed by atoms with E-state index in [0.717, 1.165) is 16.1 Å². The molecule has 16 heavy (non-hydrogen) atoms. The summed E-state index contributed by atoms with van der Waals surface area (Å²) < 4.78 is 5.09. The highest BCUT2D eigenvalue weighted by molar-refractivity contribution is 7.13. The third-order valence-electron chi connectivity index (χ3n) is 2.51. The molecule has 0 amide bonds. The molecule has 2 heterocycles. The molecule has 3 nitrogen and oxygen atoms in total. The van der Waals surface area contributed by atoms with Gasteiger partial charge in [-0.1, -0.05) is 18.2 Å². The first-order valence-electron chi connectivity index (χ1n) is 4.94. The quantitative estimate of drug-likeness (QED) is 0.733. The Morgan fingerprint density at radius 1 is 1.31 bits per heavy atom. The molecule has 80 valence electrons. The van der Waals surface area contributed by atoms with Crippen LogP contribution in [0.2, 0.25) is 0 Å². The number of fused-ring (bicyclic) bond motifs is 1. The Bertz CT molecular complexity index is 627. The molecule has 2 aromatic heterocycles. The summed E-state index contributed by atoms with van der Waals surface area (Å²) in [6.45, 7) is 0. The lowest BCUT2D eigenvalue weighted by Crippen LogP contribution is -1.81. The van der Waals surface area contributed by atoms with Crippen molar-refractivity contribution in [1.29, 1.82) is 0 Å². The minimum Gasteiger partial charge on any atom is -0.480 e. The van der Waals surface area contributed by atoms with E-state index in [9.17, 15) is 0 Å². The molecule has 1 N–H and O–H groups in total. The van der Waals surface area contributed by atoms with Crippen molar-refractivity contribution in [2.45, 2.75) is 0 Å². The van der Waals surface area contributed by atoms with Crippen LogP contribution in [0, 0.1) is 0 Å². The van der Waals surface area contributed by atoms with Crippen LogP contribution in [0.5, 0.6) is 5.88 Å². The summed E-state index contributed by atoms with van der Waals surface area (Å²) in [4.78, 5) is 7.64. The molecule has 0 unspecified atom stereocenters. The summed E-state index contributed by atoms with van der Waals surface area (Å²) in [5, 5.41) is 4.09. The predicted octanol–water partition coefficient (Wildman–Crippen LogP) is 3.30. The second kappa shape index (κ2) is 3.64. The van der Waals surface area contributed by atoms with Gasteiger partial charge < -0.3 is 9.72 Å². The summed E-state index contributed by atoms with van der Waals surface area (Å²) in [6.07, 6.45) is 1.99. The number of nitrogens with zero attached hydrogens (tertiary/aromatic N) is 1. The van der Waals surface area contributed by atoms with Crippen molar-refractivity contribution in [3.8, 4) is 16.5 Å². The molecular weight excluding hydrogens is 220 g/mol. The molecule has 0 fully saturated rings. The van der Waals surface area contributed by atoms with Crippen molar-refractivity contribution in [3.05, 3.63) is 35.8 Å². The van der Waals surface area contributed by atoms with E-state index < -0.39 is 0 Å². The molecule has 0 atom stereocenters. The summed E-state index contributed by atoms with van der Waals surface area (Å²) in [7, 11) is 1.63. The number of thiazole rings is 1. The third-order valence-corrected chi connectivity index (χ3v) is 3.37. The van der Waals surface area contributed by atoms with Crippen LogP contribution in [0.15, 0.2) is 35.8 Å². The van der Waals surface area contributed by atoms with Gasteiger partial charge in [-0.15, -0.1) is 11.3 Å². The summed E-state index contributed by atoms with van der Waals surface area (Å²) in [5.74, 6) is 0.672. The number of rotatable bonds is 2. The zero-order valence-corrected chi connectivity index (χ0v) is 9.54. The second-order valence-electron chi connectivity index (χ2n) is 3.44. The average molecular weight is 230 g/mol. The highest BCUT2D eigenvalue weighted by Crippen LogP contribution is 2.32. The molecular formula is C12H10N2OS. The topological polar surface area (TPSA) is 37.9 Å². The fraction of sp³-hybridized carbons (Fsp3) is 0.0833. The van der Waals surface area contributed by atoms with Gasteiger partial charge in [0.1, 0.15) is 5.01 Å². The van der Waals surface area contributed by atoms with Gasteiger partial charge in [-0.2, -0.15) is 0 Å². The molecule has 0 saturated carbocycles. The summed E-state index contributed by atoms with van der Waals surface area (Å²) in [5.41, 5.74) is 2.26. The SMILES string of the molecule is COc1csc(-c2c[nH]c3ccccc23)n1. The lowest BCUT2D eigenvalue weighted by Gasteiger charge is -1.93. The molecule has 0 bridgehead atoms. The summed E-state index contributed by atoms with van der Waals surface area (Å²) in [6, 6.07) is 8.20. The molecule has 0 aliphatic heterocycles. The molecule has 3 rings (SSSR count). The van der Waals surface area contributed by atoms with Gasteiger partial charge in [0.05, 0.1) is 12.5 Å². The van der Waals surface area contributed by atoms with E-state index in [1.165, 1.54) is 5.39 Å². The first-order chi connectivity index (χ1) is 7.88. The number of hydrogen-bond donors (Lipinski definition) is 1. The monoisotopic (exact) mass is 230 g/mol. The van der Waals surface area contributed by atoms with E-state index in [4.69, 9.17) is 4.74 Å². The largest absolute Gasteiger partial charge is 0.480 e. The third kappa shape index (κ3) is 1.39. The zero-order chi connectivity index (χ0) is 11.0. The van der Waals surface area contributed by atoms with Crippen LogP contribution in [0.1, 0.15) is 0 Å². The molecule has 0 saturated heterocycles. The van der Waals surface area contributed by atoms with Crippen molar-refractivity contribution in [2.24, 2.45) is 0 Å². The van der Waals surface area contributed by atoms with Gasteiger partial charge in [-0.05, 0) is 6.07 Å². The maximum Gasteiger partial charge on any atom is 0.224 e. The molecule has 0 spiro atoms. The fourth-order valence-electron chi connectivity index (χ4n) is 1.72. The Hall–Kier alpha value is -1.81. The van der Waals surface area contributed by atoms with Gasteiger partial charge in [-0.25, -0.2) is 4.98 Å². The maximum absolute atomic E-state index is 5.09. The lowest BCUT2D eigenvalue weighted by atomic mass is 10.2. The zero-order valence-electron chi connectivity index (χ0n) is 8.73. The van der Waals surface area contributed by atoms with Crippen LogP contribution in [0.25, 0.3) is 21.5 Å². The second-order valence-corrected chi connectivity index (χ2v) is 4.30. The highest BCUT2D eigenvalue weighted by atomic mass is 32.1. The van der Waals surface area contributed by atoms with Crippen LogP contribution in [0.4, 0.5) is 0 Å². The van der Waals surface area contributed by atoms with Crippen molar-refractivity contribution in [2.75, 3.05) is 7.11 Å². The summed E-state index contributed by atoms with van der Waals surface area (Å²) >= 11 is 1.59. The molecule has 0 radical (unpaired) electrons. The Labute approximate surface area is 96.7 Å². The van der Waals surface area contributed by atoms with Gasteiger partial charge in [0.15, 0.2) is 0 Å². The van der Waals surface area contributed by atoms with Gasteiger partial charge in [0, 0.05) is 22.7 Å². The van der Waals surface area contributed by atoms with Gasteiger partial charge >= 0.3 is 0 Å². The van der Waals surface area contributed by atoms with Crippen molar-refractivity contribution in [1.82, 2.24) is 9.97 Å². The Morgan fingerprint density at radius 3 is 3.00 bits per heavy atom. The van der Waals surface area contributed by atoms with Crippen LogP contribution in [-0.4, -0.2) is 17.1 Å². The first-order valence-corrected chi connectivity index (χ1v) is 5.82. The normalized spacial score (nSPS) is 10.8. The number of H-pyrrole nitrogens is 1. The Kier molecular flexibility index (Phi) is 2.15. The van der Waals surface area contributed by atoms with E-state index in [0.29, 0.717) is 5.88 Å². The van der Waals surface area contributed by atoms with Crippen LogP contribution in [0.3, 0.4) is 0 Å². The minimum atomic E-state index is 0.672. The van der Waals surface area contributed by atoms with Crippen molar-refractivity contribution >= 4 is 22.2 Å². The lowest BCUT2D eigenvalue weighted by molar-refractivity contribution is 0.401. The predicted molar refractivity (Wildman–Crippen MR) is 66.0 cm³/mol. The van der Waals surface area contributed by atoms with E-state index in [2.05, 4.69) is 22.1 Å². The van der Waals surface area contributed by atoms with Crippen LogP contribution >= 0.6 is 11.3 Å². The standard InChI is InChI=1S/C12H10N2OS/c1-15-11-7-16-12(14-11)9-6-13-10-5-3-2-4-8(9)10/h2-7,13H,1H3. The molecule has 4 heteroatoms. The van der Waals surface area contributed by atoms with Crippen LogP contribution in [-0.2, 0) is 0 Å². The Morgan fingerprint density at radius 2 is 2.19 bits per heavy atom. The van der Waals surface area contributed by atoms with Crippen molar-refractivity contribution < 1.29 is 4.74 Å². The van der Waals surface area contributed by atoms with E-state index in [1.54, 1.807) is 18.4 Å². The number of hydrogen-bond acceptors (Lipinski definition) is 3. The van der Waals surface area contributed by atoms with Gasteiger partial charge in [-0.3, -0.25) is 0 Å². The maximum atomic E-state index is 5.09. The fourth-order valence-corrected chi connectivity index (χ4v) is 2.52. The van der Waals surface area contributed by atoms with E-state index in [-0.39, 0.29) is 0 Å². The molecule has 0 aliphatic rings. The number of methoxy groups -OCH3 is 1. The number of aromatic amines is 1. The molecule has 3 aromatic rings. The first kappa shape index (κ1) is 9.42. The number of ether oxygens (including phenoxy) is 1.